The molecule has 1 amide bonds. The van der Waals surface area contributed by atoms with Gasteiger partial charge < -0.3 is 10.1 Å². The average Bonchev–Trinajstić information content (AvgIpc) is 3.02. The van der Waals surface area contributed by atoms with E-state index in [1.54, 1.807) is 0 Å². The molecule has 4 rings (SSSR count). The van der Waals surface area contributed by atoms with Gasteiger partial charge in [-0.15, -0.1) is 0 Å². The van der Waals surface area contributed by atoms with E-state index >= 15 is 0 Å². The lowest BCUT2D eigenvalue weighted by molar-refractivity contribution is -0.145. The fourth-order valence-electron chi connectivity index (χ4n) is 4.35. The first kappa shape index (κ1) is 13.3. The molecule has 1 heterocycles. The van der Waals surface area contributed by atoms with Gasteiger partial charge in [-0.3, -0.25) is 9.59 Å². The molecule has 0 spiro atoms. The number of rotatable bonds is 2. The number of aryl methyl sites for hydroxylation is 1. The Balaban J connectivity index is 1.57. The maximum atomic E-state index is 12.6. The number of amides is 1. The number of benzene rings is 1. The van der Waals surface area contributed by atoms with Crippen molar-refractivity contribution in [2.75, 3.05) is 5.32 Å². The van der Waals surface area contributed by atoms with Crippen LogP contribution in [0.15, 0.2) is 22.7 Å². The highest BCUT2D eigenvalue weighted by Crippen LogP contribution is 2.57. The maximum Gasteiger partial charge on any atom is 0.310 e. The fourth-order valence-corrected chi connectivity index (χ4v) is 4.82. The highest BCUT2D eigenvalue weighted by molar-refractivity contribution is 9.10. The van der Waals surface area contributed by atoms with Crippen LogP contribution in [0, 0.1) is 30.6 Å². The predicted octanol–water partition coefficient (Wildman–Crippen LogP) is 2.89. The van der Waals surface area contributed by atoms with Crippen molar-refractivity contribution in [3.05, 3.63) is 28.2 Å². The number of nitrogens with one attached hydrogen (secondary N) is 1. The number of carbonyl (C=O) groups excluding carboxylic acids is 2. The number of hydrogen-bond donors (Lipinski definition) is 1. The van der Waals surface area contributed by atoms with Gasteiger partial charge in [-0.25, -0.2) is 0 Å². The van der Waals surface area contributed by atoms with Crippen LogP contribution in [-0.2, 0) is 14.3 Å². The van der Waals surface area contributed by atoms with Crippen molar-refractivity contribution in [2.24, 2.45) is 23.7 Å². The zero-order valence-electron chi connectivity index (χ0n) is 11.6. The normalized spacial score (nSPS) is 35.9. The number of anilines is 1. The smallest absolute Gasteiger partial charge is 0.310 e. The lowest BCUT2D eigenvalue weighted by atomic mass is 9.79. The molecular formula is C16H16BrNO3. The average molecular weight is 350 g/mol. The van der Waals surface area contributed by atoms with Crippen molar-refractivity contribution >= 4 is 33.5 Å². The molecule has 2 aliphatic carbocycles. The zero-order valence-corrected chi connectivity index (χ0v) is 13.2. The topological polar surface area (TPSA) is 55.4 Å². The Labute approximate surface area is 131 Å². The Kier molecular flexibility index (Phi) is 2.89. The van der Waals surface area contributed by atoms with Crippen LogP contribution in [0.3, 0.4) is 0 Å². The van der Waals surface area contributed by atoms with Gasteiger partial charge in [0.15, 0.2) is 0 Å². The first-order chi connectivity index (χ1) is 10.0. The first-order valence-corrected chi connectivity index (χ1v) is 8.11. The quantitative estimate of drug-likeness (QED) is 0.835. The molecule has 21 heavy (non-hydrogen) atoms. The van der Waals surface area contributed by atoms with Crippen molar-refractivity contribution in [3.8, 4) is 0 Å². The van der Waals surface area contributed by atoms with Gasteiger partial charge in [0.05, 0.1) is 11.8 Å². The van der Waals surface area contributed by atoms with Crippen molar-refractivity contribution in [3.63, 3.8) is 0 Å². The summed E-state index contributed by atoms with van der Waals surface area (Å²) < 4.78 is 6.37. The van der Waals surface area contributed by atoms with Crippen molar-refractivity contribution < 1.29 is 14.3 Å². The predicted molar refractivity (Wildman–Crippen MR) is 80.6 cm³/mol. The van der Waals surface area contributed by atoms with Gasteiger partial charge in [-0.1, -0.05) is 15.9 Å². The summed E-state index contributed by atoms with van der Waals surface area (Å²) in [4.78, 5) is 24.6. The molecule has 1 aromatic carbocycles. The van der Waals surface area contributed by atoms with Crippen LogP contribution in [-0.4, -0.2) is 18.0 Å². The summed E-state index contributed by atoms with van der Waals surface area (Å²) in [6.45, 7) is 1.96. The molecule has 2 bridgehead atoms. The number of hydrogen-bond acceptors (Lipinski definition) is 3. The van der Waals surface area contributed by atoms with E-state index in [2.05, 4.69) is 21.2 Å². The Morgan fingerprint density at radius 1 is 1.38 bits per heavy atom. The lowest BCUT2D eigenvalue weighted by Gasteiger charge is -2.24. The second-order valence-electron chi connectivity index (χ2n) is 6.37. The van der Waals surface area contributed by atoms with Gasteiger partial charge in [-0.2, -0.15) is 0 Å². The van der Waals surface area contributed by atoms with Crippen LogP contribution in [0.2, 0.25) is 0 Å². The van der Waals surface area contributed by atoms with E-state index in [0.717, 1.165) is 28.6 Å². The highest BCUT2D eigenvalue weighted by atomic mass is 79.9. The highest BCUT2D eigenvalue weighted by Gasteiger charge is 2.63. The molecule has 3 fully saturated rings. The molecule has 0 aromatic heterocycles. The Morgan fingerprint density at radius 3 is 2.95 bits per heavy atom. The summed E-state index contributed by atoms with van der Waals surface area (Å²) in [5.74, 6) is -0.0711. The van der Waals surface area contributed by atoms with Gasteiger partial charge >= 0.3 is 5.97 Å². The van der Waals surface area contributed by atoms with E-state index in [9.17, 15) is 9.59 Å². The second kappa shape index (κ2) is 4.57. The number of carbonyl (C=O) groups is 2. The van der Waals surface area contributed by atoms with E-state index < -0.39 is 0 Å². The fraction of sp³-hybridized carbons (Fsp3) is 0.500. The number of esters is 1. The number of halogens is 1. The van der Waals surface area contributed by atoms with Gasteiger partial charge in [0, 0.05) is 16.1 Å². The maximum absolute atomic E-state index is 12.6. The van der Waals surface area contributed by atoms with Gasteiger partial charge in [0.25, 0.3) is 0 Å². The molecule has 1 aliphatic heterocycles. The molecule has 0 radical (unpaired) electrons. The molecule has 5 atom stereocenters. The zero-order chi connectivity index (χ0) is 14.7. The van der Waals surface area contributed by atoms with Crippen LogP contribution in [0.1, 0.15) is 18.4 Å². The second-order valence-corrected chi connectivity index (χ2v) is 7.29. The van der Waals surface area contributed by atoms with E-state index in [0.29, 0.717) is 5.92 Å². The first-order valence-electron chi connectivity index (χ1n) is 7.32. The third-order valence-corrected chi connectivity index (χ3v) is 5.73. The van der Waals surface area contributed by atoms with Gasteiger partial charge in [0.2, 0.25) is 5.91 Å². The summed E-state index contributed by atoms with van der Waals surface area (Å²) in [5.41, 5.74) is 1.82. The Morgan fingerprint density at radius 2 is 2.19 bits per heavy atom. The molecule has 1 aromatic rings. The van der Waals surface area contributed by atoms with Crippen LogP contribution in [0.5, 0.6) is 0 Å². The summed E-state index contributed by atoms with van der Waals surface area (Å²) >= 11 is 3.42. The standard InChI is InChI=1S/C16H16BrNO3/c1-7-4-9(17)2-3-11(7)18-15(19)13-8-5-10-12(6-8)21-16(20)14(10)13/h2-4,8,10,12-14H,5-6H2,1H3,(H,18,19)/t8-,10-,12+,13-,14-/m0/s1. The van der Waals surface area contributed by atoms with Crippen LogP contribution >= 0.6 is 15.9 Å². The largest absolute Gasteiger partial charge is 0.462 e. The molecule has 5 heteroatoms. The third-order valence-electron chi connectivity index (χ3n) is 5.23. The summed E-state index contributed by atoms with van der Waals surface area (Å²) in [7, 11) is 0. The summed E-state index contributed by atoms with van der Waals surface area (Å²) in [6.07, 6.45) is 1.88. The minimum Gasteiger partial charge on any atom is -0.462 e. The summed E-state index contributed by atoms with van der Waals surface area (Å²) in [6, 6.07) is 5.76. The van der Waals surface area contributed by atoms with Crippen molar-refractivity contribution in [2.45, 2.75) is 25.9 Å². The molecular weight excluding hydrogens is 334 g/mol. The monoisotopic (exact) mass is 349 g/mol. The number of ether oxygens (including phenoxy) is 1. The SMILES string of the molecule is Cc1cc(Br)ccc1NC(=O)[C@H]1[C@H]2C[C@@H]3[C@@H]1C(=O)O[C@@H]3C2. The number of fused-ring (bicyclic) bond motifs is 1. The van der Waals surface area contributed by atoms with Crippen molar-refractivity contribution in [1.29, 1.82) is 0 Å². The van der Waals surface area contributed by atoms with Crippen LogP contribution in [0.4, 0.5) is 5.69 Å². The minimum atomic E-state index is -0.218. The van der Waals surface area contributed by atoms with Crippen molar-refractivity contribution in [1.82, 2.24) is 0 Å². The van der Waals surface area contributed by atoms with E-state index in [1.165, 1.54) is 0 Å². The van der Waals surface area contributed by atoms with Gasteiger partial charge in [-0.05, 0) is 49.4 Å². The molecule has 4 nitrogen and oxygen atoms in total. The molecule has 1 saturated heterocycles. The molecule has 2 saturated carbocycles. The van der Waals surface area contributed by atoms with E-state index in [-0.39, 0.29) is 35.7 Å². The Bertz CT molecular complexity index is 642. The molecule has 0 unspecified atom stereocenters. The van der Waals surface area contributed by atoms with Crippen LogP contribution < -0.4 is 5.32 Å². The lowest BCUT2D eigenvalue weighted by Crippen LogP contribution is -2.36. The molecule has 3 aliphatic rings. The Hall–Kier alpha value is -1.36. The molecule has 1 N–H and O–H groups in total. The van der Waals surface area contributed by atoms with E-state index in [1.807, 2.05) is 25.1 Å². The minimum absolute atomic E-state index is 0.0322. The van der Waals surface area contributed by atoms with E-state index in [4.69, 9.17) is 4.74 Å². The van der Waals surface area contributed by atoms with Gasteiger partial charge in [0.1, 0.15) is 6.10 Å². The summed E-state index contributed by atoms with van der Waals surface area (Å²) in [5, 5.41) is 3.00. The molecule has 110 valence electrons. The third kappa shape index (κ3) is 1.94. The van der Waals surface area contributed by atoms with Crippen LogP contribution in [0.25, 0.3) is 0 Å².